The molecule has 1 radical (unpaired) electrons. The fourth-order valence-electron chi connectivity index (χ4n) is 0. The lowest BCUT2D eigenvalue weighted by Gasteiger charge is -1.60. The van der Waals surface area contributed by atoms with E-state index in [1.807, 2.05) is 0 Å². The highest BCUT2D eigenvalue weighted by Gasteiger charge is 1.88. The fourth-order valence-corrected chi connectivity index (χ4v) is 0. The van der Waals surface area contributed by atoms with Crippen LogP contribution in [0.4, 0.5) is 0 Å². The van der Waals surface area contributed by atoms with Gasteiger partial charge >= 0.3 is 0 Å². The Balaban J connectivity index is 2.32. The molecule has 0 bridgehead atoms. The molecule has 4 heavy (non-hydrogen) atoms. The normalized spacial score (nSPS) is 8.75. The van der Waals surface area contributed by atoms with Gasteiger partial charge in [-0.15, -0.1) is 0 Å². The Morgan fingerprint density at radius 2 is 1.50 bits per heavy atom. The third-order valence-corrected chi connectivity index (χ3v) is 0. The molecule has 0 aliphatic rings. The summed E-state index contributed by atoms with van der Waals surface area (Å²) in [6.07, 6.45) is 0. The third kappa shape index (κ3) is 327. The van der Waals surface area contributed by atoms with Crippen LogP contribution in [0.1, 0.15) is 0 Å². The average molecular weight is 72.2 g/mol. The summed E-state index contributed by atoms with van der Waals surface area (Å²) in [6.45, 7) is 8.06. The molecule has 0 unspecified atom stereocenters. The van der Waals surface area contributed by atoms with Crippen molar-refractivity contribution in [2.75, 3.05) is 0 Å². The highest BCUT2D eigenvalue weighted by atomic mass is 28.3. The molecular weight excluding hydrogens is 64.1 g/mol. The lowest BCUT2D eigenvalue weighted by atomic mass is 11.8. The van der Waals surface area contributed by atoms with Gasteiger partial charge in [-0.25, -0.2) is 0 Å². The Kier molecular flexibility index (Phi) is 1.44. The van der Waals surface area contributed by atoms with Crippen LogP contribution in [0.25, 0.3) is 0 Å². The minimum atomic E-state index is -0.130. The Morgan fingerprint density at radius 3 is 1.50 bits per heavy atom. The van der Waals surface area contributed by atoms with E-state index in [1.165, 1.54) is 0 Å². The molecule has 0 fully saturated rings. The lowest BCUT2D eigenvalue weighted by molar-refractivity contribution is 2.01. The van der Waals surface area contributed by atoms with Crippen molar-refractivity contribution in [3.05, 3.63) is 6.55 Å². The molecule has 0 aromatic carbocycles. The van der Waals surface area contributed by atoms with Crippen LogP contribution in [0.3, 0.4) is 0 Å². The summed E-state index contributed by atoms with van der Waals surface area (Å²) < 4.78 is 0. The van der Waals surface area contributed by atoms with Gasteiger partial charge in [0.05, 0.1) is 0 Å². The molecule has 0 saturated heterocycles. The predicted molar refractivity (Wildman–Crippen MR) is 22.8 cm³/mol. The summed E-state index contributed by atoms with van der Waals surface area (Å²) >= 11 is 0. The second-order valence-corrected chi connectivity index (χ2v) is 3.62. The summed E-state index contributed by atoms with van der Waals surface area (Å²) in [6, 6.07) is 0. The highest BCUT2D eigenvalue weighted by Crippen LogP contribution is 1.65. The molecule has 0 atom stereocenters. The van der Waals surface area contributed by atoms with Crippen LogP contribution in [0.2, 0.25) is 13.1 Å². The van der Waals surface area contributed by atoms with E-state index < -0.39 is 0 Å². The van der Waals surface area contributed by atoms with Crippen molar-refractivity contribution in [3.8, 4) is 0 Å². The van der Waals surface area contributed by atoms with Crippen LogP contribution in [0.15, 0.2) is 0 Å². The van der Waals surface area contributed by atoms with Crippen molar-refractivity contribution in [2.45, 2.75) is 13.1 Å². The van der Waals surface area contributed by atoms with Crippen LogP contribution < -0.4 is 0 Å². The van der Waals surface area contributed by atoms with E-state index in [9.17, 15) is 0 Å². The van der Waals surface area contributed by atoms with E-state index >= 15 is 0 Å². The van der Waals surface area contributed by atoms with Gasteiger partial charge in [-0.1, -0.05) is 0 Å². The second kappa shape index (κ2) is 1.41. The zero-order chi connectivity index (χ0) is 3.58. The Morgan fingerprint density at radius 1 is 1.50 bits per heavy atom. The molecule has 0 aliphatic carbocycles. The maximum atomic E-state index is 3.74. The first kappa shape index (κ1) is 4.09. The largest absolute Gasteiger partial charge is 0.297 e. The zero-order valence-corrected chi connectivity index (χ0v) is 4.21. The van der Waals surface area contributed by atoms with Crippen molar-refractivity contribution in [2.24, 2.45) is 0 Å². The Labute approximate surface area is 29.4 Å². The van der Waals surface area contributed by atoms with Crippen molar-refractivity contribution < 1.29 is 0 Å². The molecular formula is C3H8Si+. The maximum Gasteiger partial charge on any atom is 0.297 e. The van der Waals surface area contributed by atoms with Gasteiger partial charge in [-0.3, -0.25) is 0 Å². The van der Waals surface area contributed by atoms with E-state index in [0.29, 0.717) is 0 Å². The first-order valence-corrected chi connectivity index (χ1v) is 4.06. The van der Waals surface area contributed by atoms with Crippen LogP contribution in [0.5, 0.6) is 0 Å². The number of hydrogen-bond donors (Lipinski definition) is 0. The second-order valence-electron chi connectivity index (χ2n) is 1.21. The number of rotatable bonds is 0. The third-order valence-electron chi connectivity index (χ3n) is 0. The first-order chi connectivity index (χ1) is 1.73. The molecule has 0 aromatic heterocycles. The molecule has 0 aromatic rings. The minimum absolute atomic E-state index is 0.130. The van der Waals surface area contributed by atoms with Crippen molar-refractivity contribution in [1.82, 2.24) is 0 Å². The van der Waals surface area contributed by atoms with E-state index in [0.717, 1.165) is 0 Å². The van der Waals surface area contributed by atoms with Crippen molar-refractivity contribution >= 4 is 8.80 Å². The van der Waals surface area contributed by atoms with Gasteiger partial charge in [0.2, 0.25) is 0 Å². The predicted octanol–water partition coefficient (Wildman–Crippen LogP) is 1.11. The molecule has 0 nitrogen and oxygen atoms in total. The van der Waals surface area contributed by atoms with E-state index in [2.05, 4.69) is 19.6 Å². The van der Waals surface area contributed by atoms with E-state index in [1.54, 1.807) is 0 Å². The molecule has 0 amide bonds. The van der Waals surface area contributed by atoms with Gasteiger partial charge in [-0.05, 0) is 13.1 Å². The molecule has 1 heteroatoms. The molecule has 0 saturated carbocycles. The standard InChI is InChI=1S/C3H8Si/c1-4(2)3/h1H2,2-3H3/q+1. The molecule has 0 N–H and O–H groups in total. The van der Waals surface area contributed by atoms with Crippen LogP contribution in [0, 0.1) is 6.55 Å². The monoisotopic (exact) mass is 72.0 g/mol. The van der Waals surface area contributed by atoms with E-state index in [-0.39, 0.29) is 8.80 Å². The summed E-state index contributed by atoms with van der Waals surface area (Å²) in [4.78, 5) is 0. The summed E-state index contributed by atoms with van der Waals surface area (Å²) in [5, 5.41) is 0. The fraction of sp³-hybridized carbons (Fsp3) is 0.667. The number of hydrogen-bond acceptors (Lipinski definition) is 0. The summed E-state index contributed by atoms with van der Waals surface area (Å²) in [5.74, 6) is 0. The topological polar surface area (TPSA) is 0 Å². The molecule has 0 heterocycles. The minimum Gasteiger partial charge on any atom is -0.0268 e. The summed E-state index contributed by atoms with van der Waals surface area (Å²) in [5.41, 5.74) is 0. The van der Waals surface area contributed by atoms with Crippen LogP contribution in [-0.4, -0.2) is 8.80 Å². The molecule has 0 rings (SSSR count). The van der Waals surface area contributed by atoms with Gasteiger partial charge in [0, 0.05) is 6.55 Å². The highest BCUT2D eigenvalue weighted by molar-refractivity contribution is 6.57. The van der Waals surface area contributed by atoms with Gasteiger partial charge in [0.1, 0.15) is 0 Å². The maximum absolute atomic E-state index is 3.74. The van der Waals surface area contributed by atoms with Crippen molar-refractivity contribution in [1.29, 1.82) is 0 Å². The van der Waals surface area contributed by atoms with Gasteiger partial charge < -0.3 is 0 Å². The Hall–Kier alpha value is 0.0869. The van der Waals surface area contributed by atoms with Crippen molar-refractivity contribution in [3.63, 3.8) is 0 Å². The van der Waals surface area contributed by atoms with Gasteiger partial charge in [-0.2, -0.15) is 0 Å². The smallest absolute Gasteiger partial charge is 0.0268 e. The average Bonchev–Trinajstić information content (AvgIpc) is 0.811. The Bertz CT molecular complexity index is 8.00. The van der Waals surface area contributed by atoms with Gasteiger partial charge in [0.15, 0.2) is 0 Å². The molecule has 0 aliphatic heterocycles. The van der Waals surface area contributed by atoms with E-state index in [4.69, 9.17) is 0 Å². The zero-order valence-electron chi connectivity index (χ0n) is 3.21. The summed E-state index contributed by atoms with van der Waals surface area (Å²) in [7, 11) is -0.130. The molecule has 23 valence electrons. The van der Waals surface area contributed by atoms with Crippen LogP contribution in [-0.2, 0) is 0 Å². The SMILES string of the molecule is [CH2+][Si](C)C. The van der Waals surface area contributed by atoms with Gasteiger partial charge in [0.25, 0.3) is 8.80 Å². The molecule has 0 spiro atoms. The first-order valence-electron chi connectivity index (χ1n) is 1.35. The lowest BCUT2D eigenvalue weighted by Crippen LogP contribution is -1.86. The quantitative estimate of drug-likeness (QED) is 0.297. The van der Waals surface area contributed by atoms with Crippen LogP contribution >= 0.6 is 0 Å².